The number of aromatic nitrogens is 1. The van der Waals surface area contributed by atoms with Crippen molar-refractivity contribution in [2.75, 3.05) is 14.2 Å². The number of hydrogen-bond acceptors (Lipinski definition) is 2. The van der Waals surface area contributed by atoms with Crippen LogP contribution < -0.4 is 4.74 Å². The van der Waals surface area contributed by atoms with Gasteiger partial charge in [0, 0.05) is 35.6 Å². The number of benzene rings is 2. The van der Waals surface area contributed by atoms with Gasteiger partial charge in [-0.1, -0.05) is 35.9 Å². The molecule has 0 fully saturated rings. The molecular weight excluding hydrogens is 336 g/mol. The Labute approximate surface area is 152 Å². The second-order valence-electron chi connectivity index (χ2n) is 6.10. The Bertz CT molecular complexity index is 933. The molecule has 0 saturated heterocycles. The van der Waals surface area contributed by atoms with Gasteiger partial charge < -0.3 is 14.2 Å². The largest absolute Gasteiger partial charge is 0.496 e. The van der Waals surface area contributed by atoms with Crippen LogP contribution in [0.1, 0.15) is 29.0 Å². The number of amides is 1. The zero-order valence-corrected chi connectivity index (χ0v) is 15.5. The number of nitrogens with zero attached hydrogens (tertiary/aromatic N) is 2. The van der Waals surface area contributed by atoms with Gasteiger partial charge in [0.05, 0.1) is 13.2 Å². The second kappa shape index (κ2) is 6.81. The summed E-state index contributed by atoms with van der Waals surface area (Å²) in [5, 5.41) is 1.53. The van der Waals surface area contributed by atoms with E-state index in [9.17, 15) is 4.79 Å². The van der Waals surface area contributed by atoms with Crippen molar-refractivity contribution in [2.45, 2.75) is 13.0 Å². The van der Waals surface area contributed by atoms with Gasteiger partial charge in [-0.2, -0.15) is 0 Å². The molecule has 5 heteroatoms. The number of fused-ring (bicyclic) bond motifs is 1. The van der Waals surface area contributed by atoms with Gasteiger partial charge in [-0.25, -0.2) is 0 Å². The highest BCUT2D eigenvalue weighted by molar-refractivity contribution is 6.35. The first-order chi connectivity index (χ1) is 12.0. The Hall–Kier alpha value is -2.46. The molecule has 0 aliphatic heterocycles. The average Bonchev–Trinajstić information content (AvgIpc) is 2.98. The van der Waals surface area contributed by atoms with Gasteiger partial charge >= 0.3 is 0 Å². The maximum absolute atomic E-state index is 13.1. The molecule has 1 atom stereocenters. The highest BCUT2D eigenvalue weighted by Crippen LogP contribution is 2.31. The fraction of sp³-hybridized carbons (Fsp3) is 0.250. The van der Waals surface area contributed by atoms with Gasteiger partial charge in [-0.15, -0.1) is 0 Å². The van der Waals surface area contributed by atoms with Gasteiger partial charge in [-0.3, -0.25) is 4.79 Å². The summed E-state index contributed by atoms with van der Waals surface area (Å²) in [6.45, 7) is 1.99. The fourth-order valence-electron chi connectivity index (χ4n) is 3.11. The molecule has 2 aromatic carbocycles. The number of aryl methyl sites for hydroxylation is 1. The SMILES string of the molecule is COc1ccccc1C(C)N(C)C(=O)c1cc2c(Cl)cccc2n1C. The summed E-state index contributed by atoms with van der Waals surface area (Å²) >= 11 is 6.27. The standard InChI is InChI=1S/C20H21ClN2O2/c1-13(14-8-5-6-11-19(14)25-4)22(2)20(24)18-12-15-16(21)9-7-10-17(15)23(18)3/h5-13H,1-4H3. The molecule has 25 heavy (non-hydrogen) atoms. The lowest BCUT2D eigenvalue weighted by molar-refractivity contribution is 0.0732. The van der Waals surface area contributed by atoms with Gasteiger partial charge in [0.1, 0.15) is 11.4 Å². The average molecular weight is 357 g/mol. The van der Waals surface area contributed by atoms with Crippen molar-refractivity contribution >= 4 is 28.4 Å². The van der Waals surface area contributed by atoms with E-state index in [-0.39, 0.29) is 11.9 Å². The zero-order valence-electron chi connectivity index (χ0n) is 14.8. The first kappa shape index (κ1) is 17.4. The predicted octanol–water partition coefficient (Wildman–Crippen LogP) is 4.67. The minimum atomic E-state index is -0.128. The first-order valence-electron chi connectivity index (χ1n) is 8.09. The predicted molar refractivity (Wildman–Crippen MR) is 101 cm³/mol. The number of halogens is 1. The molecule has 130 valence electrons. The van der Waals surface area contributed by atoms with Crippen molar-refractivity contribution in [1.29, 1.82) is 0 Å². The van der Waals surface area contributed by atoms with Crippen LogP contribution in [0, 0.1) is 0 Å². The van der Waals surface area contributed by atoms with Crippen LogP contribution in [-0.4, -0.2) is 29.5 Å². The smallest absolute Gasteiger partial charge is 0.270 e. The second-order valence-corrected chi connectivity index (χ2v) is 6.50. The molecule has 0 aliphatic rings. The van der Waals surface area contributed by atoms with Crippen molar-refractivity contribution in [1.82, 2.24) is 9.47 Å². The molecule has 1 heterocycles. The van der Waals surface area contributed by atoms with Crippen LogP contribution in [0.25, 0.3) is 10.9 Å². The quantitative estimate of drug-likeness (QED) is 0.680. The Balaban J connectivity index is 1.98. The van der Waals surface area contributed by atoms with Crippen LogP contribution in [-0.2, 0) is 7.05 Å². The molecule has 3 aromatic rings. The molecule has 0 spiro atoms. The Morgan fingerprint density at radius 1 is 1.20 bits per heavy atom. The maximum atomic E-state index is 13.1. The summed E-state index contributed by atoms with van der Waals surface area (Å²) in [6, 6.07) is 15.2. The lowest BCUT2D eigenvalue weighted by Gasteiger charge is -2.26. The summed E-state index contributed by atoms with van der Waals surface area (Å²) in [5.41, 5.74) is 2.51. The summed E-state index contributed by atoms with van der Waals surface area (Å²) < 4.78 is 7.31. The number of ether oxygens (including phenoxy) is 1. The monoisotopic (exact) mass is 356 g/mol. The van der Waals surface area contributed by atoms with Crippen LogP contribution in [0.2, 0.25) is 5.02 Å². The fourth-order valence-corrected chi connectivity index (χ4v) is 3.33. The van der Waals surface area contributed by atoms with E-state index in [1.165, 1.54) is 0 Å². The minimum Gasteiger partial charge on any atom is -0.496 e. The van der Waals surface area contributed by atoms with Crippen LogP contribution >= 0.6 is 11.6 Å². The number of rotatable bonds is 4. The third kappa shape index (κ3) is 2.98. The van der Waals surface area contributed by atoms with E-state index >= 15 is 0 Å². The summed E-state index contributed by atoms with van der Waals surface area (Å²) in [6.07, 6.45) is 0. The number of carbonyl (C=O) groups is 1. The van der Waals surface area contributed by atoms with Crippen molar-refractivity contribution in [3.05, 3.63) is 64.8 Å². The maximum Gasteiger partial charge on any atom is 0.270 e. The van der Waals surface area contributed by atoms with Crippen molar-refractivity contribution in [3.8, 4) is 5.75 Å². The van der Waals surface area contributed by atoms with Crippen LogP contribution in [0.15, 0.2) is 48.5 Å². The molecule has 0 N–H and O–H groups in total. The third-order valence-corrected chi connectivity index (χ3v) is 5.07. The van der Waals surface area contributed by atoms with Gasteiger partial charge in [0.15, 0.2) is 0 Å². The van der Waals surface area contributed by atoms with Gasteiger partial charge in [0.25, 0.3) is 5.91 Å². The number of hydrogen-bond donors (Lipinski definition) is 0. The van der Waals surface area contributed by atoms with E-state index in [4.69, 9.17) is 16.3 Å². The topological polar surface area (TPSA) is 34.5 Å². The van der Waals surface area contributed by atoms with Crippen LogP contribution in [0.4, 0.5) is 0 Å². The minimum absolute atomic E-state index is 0.0619. The Morgan fingerprint density at radius 2 is 1.92 bits per heavy atom. The molecule has 0 bridgehead atoms. The molecular formula is C20H21ClN2O2. The van der Waals surface area contributed by atoms with Crippen molar-refractivity contribution in [2.24, 2.45) is 7.05 Å². The normalized spacial score (nSPS) is 12.2. The molecule has 4 nitrogen and oxygen atoms in total. The van der Waals surface area contributed by atoms with Gasteiger partial charge in [-0.05, 0) is 31.2 Å². The molecule has 0 saturated carbocycles. The van der Waals surface area contributed by atoms with Crippen LogP contribution in [0.3, 0.4) is 0 Å². The molecule has 3 rings (SSSR count). The van der Waals surface area contributed by atoms with E-state index < -0.39 is 0 Å². The summed E-state index contributed by atoms with van der Waals surface area (Å²) in [4.78, 5) is 14.8. The highest BCUT2D eigenvalue weighted by Gasteiger charge is 2.24. The number of methoxy groups -OCH3 is 1. The van der Waals surface area contributed by atoms with E-state index in [1.54, 1.807) is 19.1 Å². The number of para-hydroxylation sites is 1. The van der Waals surface area contributed by atoms with E-state index in [0.29, 0.717) is 10.7 Å². The molecule has 1 unspecified atom stereocenters. The van der Waals surface area contributed by atoms with E-state index in [2.05, 4.69) is 0 Å². The number of carbonyl (C=O) groups excluding carboxylic acids is 1. The zero-order chi connectivity index (χ0) is 18.1. The third-order valence-electron chi connectivity index (χ3n) is 4.74. The molecule has 0 radical (unpaired) electrons. The Morgan fingerprint density at radius 3 is 2.60 bits per heavy atom. The highest BCUT2D eigenvalue weighted by atomic mass is 35.5. The molecule has 0 aliphatic carbocycles. The van der Waals surface area contributed by atoms with Crippen LogP contribution in [0.5, 0.6) is 5.75 Å². The molecule has 1 aromatic heterocycles. The Kier molecular flexibility index (Phi) is 4.73. The summed E-state index contributed by atoms with van der Waals surface area (Å²) in [5.74, 6) is 0.711. The van der Waals surface area contributed by atoms with Crippen molar-refractivity contribution < 1.29 is 9.53 Å². The lowest BCUT2D eigenvalue weighted by atomic mass is 10.1. The summed E-state index contributed by atoms with van der Waals surface area (Å²) in [7, 11) is 5.32. The molecule has 1 amide bonds. The van der Waals surface area contributed by atoms with E-state index in [1.807, 2.05) is 67.1 Å². The van der Waals surface area contributed by atoms with Crippen molar-refractivity contribution in [3.63, 3.8) is 0 Å². The van der Waals surface area contributed by atoms with E-state index in [0.717, 1.165) is 22.2 Å². The lowest BCUT2D eigenvalue weighted by Crippen LogP contribution is -2.31. The first-order valence-corrected chi connectivity index (χ1v) is 8.47. The van der Waals surface area contributed by atoms with Gasteiger partial charge in [0.2, 0.25) is 0 Å².